The molecule has 5 nitrogen and oxygen atoms in total. The Balaban J connectivity index is 1.86. The number of aryl methyl sites for hydroxylation is 1. The van der Waals surface area contributed by atoms with Gasteiger partial charge in [-0.3, -0.25) is 9.36 Å². The van der Waals surface area contributed by atoms with Gasteiger partial charge in [-0.1, -0.05) is 30.3 Å². The minimum atomic E-state index is -0.382. The van der Waals surface area contributed by atoms with E-state index in [-0.39, 0.29) is 17.5 Å². The molecule has 1 aromatic carbocycles. The number of benzene rings is 1. The summed E-state index contributed by atoms with van der Waals surface area (Å²) in [5.74, 6) is -0.382. The number of thiazole rings is 1. The molecule has 1 atom stereocenters. The van der Waals surface area contributed by atoms with Crippen LogP contribution in [0.5, 0.6) is 0 Å². The van der Waals surface area contributed by atoms with Crippen LogP contribution in [0.15, 0.2) is 53.5 Å². The van der Waals surface area contributed by atoms with Gasteiger partial charge in [0.05, 0.1) is 6.04 Å². The van der Waals surface area contributed by atoms with E-state index >= 15 is 0 Å². The second-order valence-corrected chi connectivity index (χ2v) is 7.13. The second kappa shape index (κ2) is 8.02. The monoisotopic (exact) mass is 376 g/mol. The molecule has 0 aliphatic heterocycles. The van der Waals surface area contributed by atoms with Crippen LogP contribution < -0.4 is 5.32 Å². The lowest BCUT2D eigenvalue weighted by Gasteiger charge is -2.13. The highest BCUT2D eigenvalue weighted by Gasteiger charge is 2.16. The molecule has 0 bridgehead atoms. The van der Waals surface area contributed by atoms with Gasteiger partial charge < -0.3 is 5.32 Å². The summed E-state index contributed by atoms with van der Waals surface area (Å²) in [5.41, 5.74) is 3.85. The predicted molar refractivity (Wildman–Crippen MR) is 108 cm³/mol. The van der Waals surface area contributed by atoms with Crippen LogP contribution in [0.3, 0.4) is 0 Å². The van der Waals surface area contributed by atoms with Crippen molar-refractivity contribution in [3.63, 3.8) is 0 Å². The molecule has 3 aromatic rings. The molecule has 0 fully saturated rings. The van der Waals surface area contributed by atoms with E-state index in [4.69, 9.17) is 0 Å². The van der Waals surface area contributed by atoms with Crippen molar-refractivity contribution < 1.29 is 4.79 Å². The van der Waals surface area contributed by atoms with E-state index in [2.05, 4.69) is 10.3 Å². The molecule has 1 N–H and O–H groups in total. The molecule has 0 saturated heterocycles. The van der Waals surface area contributed by atoms with Gasteiger partial charge in [0.2, 0.25) is 0 Å². The maximum absolute atomic E-state index is 12.6. The summed E-state index contributed by atoms with van der Waals surface area (Å²) in [7, 11) is 0. The zero-order valence-electron chi connectivity index (χ0n) is 15.4. The first-order valence-corrected chi connectivity index (χ1v) is 9.45. The van der Waals surface area contributed by atoms with Crippen LogP contribution >= 0.6 is 11.3 Å². The van der Waals surface area contributed by atoms with Gasteiger partial charge in [0.15, 0.2) is 5.13 Å². The van der Waals surface area contributed by atoms with Crippen molar-refractivity contribution in [2.75, 3.05) is 0 Å². The second-order valence-electron chi connectivity index (χ2n) is 6.25. The quantitative estimate of drug-likeness (QED) is 0.532. The molecule has 0 spiro atoms. The molecule has 0 aliphatic carbocycles. The molecular weight excluding hydrogens is 356 g/mol. The van der Waals surface area contributed by atoms with Gasteiger partial charge in [0, 0.05) is 23.0 Å². The van der Waals surface area contributed by atoms with E-state index in [9.17, 15) is 10.1 Å². The molecule has 136 valence electrons. The molecule has 0 radical (unpaired) electrons. The summed E-state index contributed by atoms with van der Waals surface area (Å²) in [5, 5.41) is 15.2. The lowest BCUT2D eigenvalue weighted by Crippen LogP contribution is -2.27. The third kappa shape index (κ3) is 3.99. The number of amides is 1. The van der Waals surface area contributed by atoms with Crippen molar-refractivity contribution in [1.82, 2.24) is 14.9 Å². The predicted octanol–water partition coefficient (Wildman–Crippen LogP) is 4.34. The normalized spacial score (nSPS) is 12.4. The van der Waals surface area contributed by atoms with Crippen LogP contribution in [-0.2, 0) is 4.79 Å². The minimum Gasteiger partial charge on any atom is -0.345 e. The SMILES string of the molecule is Cc1cc(/C=C(\C#N)C(=O)N[C@H](C)c2ccccc2)c(C)n1-c1nccs1. The number of hydrogen-bond donors (Lipinski definition) is 1. The van der Waals surface area contributed by atoms with Gasteiger partial charge in [-0.05, 0) is 44.0 Å². The van der Waals surface area contributed by atoms with E-state index < -0.39 is 0 Å². The highest BCUT2D eigenvalue weighted by atomic mass is 32.1. The summed E-state index contributed by atoms with van der Waals surface area (Å²) in [6.45, 7) is 5.84. The van der Waals surface area contributed by atoms with E-state index in [1.54, 1.807) is 23.6 Å². The highest BCUT2D eigenvalue weighted by molar-refractivity contribution is 7.12. The average Bonchev–Trinajstić information content (AvgIpc) is 3.28. The van der Waals surface area contributed by atoms with Crippen LogP contribution in [0, 0.1) is 25.2 Å². The van der Waals surface area contributed by atoms with Gasteiger partial charge in [-0.25, -0.2) is 4.98 Å². The van der Waals surface area contributed by atoms with Gasteiger partial charge in [0.1, 0.15) is 11.6 Å². The van der Waals surface area contributed by atoms with E-state index in [0.717, 1.165) is 27.6 Å². The Morgan fingerprint density at radius 3 is 2.70 bits per heavy atom. The summed E-state index contributed by atoms with van der Waals surface area (Å²) >= 11 is 1.54. The van der Waals surface area contributed by atoms with Gasteiger partial charge in [-0.2, -0.15) is 5.26 Å². The van der Waals surface area contributed by atoms with Crippen molar-refractivity contribution >= 4 is 23.3 Å². The topological polar surface area (TPSA) is 70.7 Å². The molecule has 2 heterocycles. The average molecular weight is 376 g/mol. The first-order chi connectivity index (χ1) is 13.0. The van der Waals surface area contributed by atoms with Crippen LogP contribution in [0.4, 0.5) is 0 Å². The fourth-order valence-corrected chi connectivity index (χ4v) is 3.71. The highest BCUT2D eigenvalue weighted by Crippen LogP contribution is 2.24. The van der Waals surface area contributed by atoms with E-state index in [1.165, 1.54) is 0 Å². The lowest BCUT2D eigenvalue weighted by atomic mass is 10.1. The summed E-state index contributed by atoms with van der Waals surface area (Å²) in [6, 6.07) is 13.5. The third-order valence-corrected chi connectivity index (χ3v) is 5.15. The Bertz CT molecular complexity index is 1010. The molecule has 6 heteroatoms. The zero-order chi connectivity index (χ0) is 19.4. The summed E-state index contributed by atoms with van der Waals surface area (Å²) in [6.07, 6.45) is 3.40. The van der Waals surface area contributed by atoms with Crippen LogP contribution in [0.25, 0.3) is 11.2 Å². The maximum Gasteiger partial charge on any atom is 0.262 e. The maximum atomic E-state index is 12.6. The Hall–Kier alpha value is -3.17. The minimum absolute atomic E-state index is 0.0807. The van der Waals surface area contributed by atoms with Crippen molar-refractivity contribution in [3.8, 4) is 11.2 Å². The Morgan fingerprint density at radius 2 is 2.07 bits per heavy atom. The zero-order valence-corrected chi connectivity index (χ0v) is 16.2. The molecule has 1 amide bonds. The third-order valence-electron chi connectivity index (χ3n) is 4.39. The molecule has 0 aliphatic rings. The van der Waals surface area contributed by atoms with E-state index in [0.29, 0.717) is 0 Å². The number of rotatable bonds is 5. The van der Waals surface area contributed by atoms with Gasteiger partial charge in [-0.15, -0.1) is 11.3 Å². The summed E-state index contributed by atoms with van der Waals surface area (Å²) < 4.78 is 2.02. The number of nitrogens with zero attached hydrogens (tertiary/aromatic N) is 3. The molecule has 0 saturated carbocycles. The van der Waals surface area contributed by atoms with Crippen LogP contribution in [-0.4, -0.2) is 15.5 Å². The number of carbonyl (C=O) groups excluding carboxylic acids is 1. The van der Waals surface area contributed by atoms with Gasteiger partial charge >= 0.3 is 0 Å². The largest absolute Gasteiger partial charge is 0.345 e. The van der Waals surface area contributed by atoms with Crippen LogP contribution in [0.1, 0.15) is 35.5 Å². The lowest BCUT2D eigenvalue weighted by molar-refractivity contribution is -0.117. The molecule has 0 unspecified atom stereocenters. The number of nitrogens with one attached hydrogen (secondary N) is 1. The van der Waals surface area contributed by atoms with E-state index in [1.807, 2.05) is 73.2 Å². The first-order valence-electron chi connectivity index (χ1n) is 8.57. The summed E-state index contributed by atoms with van der Waals surface area (Å²) in [4.78, 5) is 16.9. The van der Waals surface area contributed by atoms with Crippen LogP contribution in [0.2, 0.25) is 0 Å². The molecule has 2 aromatic heterocycles. The smallest absolute Gasteiger partial charge is 0.262 e. The molecule has 3 rings (SSSR count). The van der Waals surface area contributed by atoms with Crippen molar-refractivity contribution in [3.05, 3.63) is 76.1 Å². The van der Waals surface area contributed by atoms with Crippen molar-refractivity contribution in [1.29, 1.82) is 5.26 Å². The fourth-order valence-electron chi connectivity index (χ4n) is 2.96. The Morgan fingerprint density at radius 1 is 1.33 bits per heavy atom. The Labute approximate surface area is 162 Å². The standard InChI is InChI=1S/C21H20N4OS/c1-14-11-18(16(3)25(14)21-23-9-10-27-21)12-19(13-22)20(26)24-15(2)17-7-5-4-6-8-17/h4-12,15H,1-3H3,(H,24,26)/b19-12+/t15-/m1/s1. The number of aromatic nitrogens is 2. The molecule has 27 heavy (non-hydrogen) atoms. The number of carbonyl (C=O) groups is 1. The fraction of sp³-hybridized carbons (Fsp3) is 0.190. The first kappa shape index (κ1) is 18.6. The van der Waals surface area contributed by atoms with Gasteiger partial charge in [0.25, 0.3) is 5.91 Å². The number of hydrogen-bond acceptors (Lipinski definition) is 4. The van der Waals surface area contributed by atoms with Crippen molar-refractivity contribution in [2.24, 2.45) is 0 Å². The Kier molecular flexibility index (Phi) is 5.53. The number of nitriles is 1. The van der Waals surface area contributed by atoms with Crippen molar-refractivity contribution in [2.45, 2.75) is 26.8 Å². The molecular formula is C21H20N4OS.